The van der Waals surface area contributed by atoms with Gasteiger partial charge in [0.15, 0.2) is 6.10 Å². The van der Waals surface area contributed by atoms with E-state index < -0.39 is 11.7 Å². The first-order chi connectivity index (χ1) is 13.9. The van der Waals surface area contributed by atoms with E-state index in [9.17, 15) is 9.90 Å². The number of hydrogen-bond donors (Lipinski definition) is 1. The van der Waals surface area contributed by atoms with Crippen LogP contribution in [0, 0.1) is 0 Å². The van der Waals surface area contributed by atoms with Crippen molar-refractivity contribution in [3.63, 3.8) is 0 Å². The summed E-state index contributed by atoms with van der Waals surface area (Å²) in [5, 5.41) is 9.65. The minimum atomic E-state index is -0.555. The fourth-order valence-electron chi connectivity index (χ4n) is 3.24. The molecule has 2 atom stereocenters. The molecule has 1 heterocycles. The molecule has 6 heteroatoms. The van der Waals surface area contributed by atoms with Crippen LogP contribution in [0.4, 0.5) is 4.79 Å². The van der Waals surface area contributed by atoms with Gasteiger partial charge in [0.25, 0.3) is 0 Å². The van der Waals surface area contributed by atoms with Gasteiger partial charge in [-0.1, -0.05) is 48.5 Å². The Labute approximate surface area is 172 Å². The molecule has 0 spiro atoms. The van der Waals surface area contributed by atoms with Gasteiger partial charge in [-0.25, -0.2) is 4.79 Å². The molecule has 2 aromatic rings. The van der Waals surface area contributed by atoms with Gasteiger partial charge >= 0.3 is 6.09 Å². The summed E-state index contributed by atoms with van der Waals surface area (Å²) >= 11 is 0. The molecular formula is C23H29NO5. The summed E-state index contributed by atoms with van der Waals surface area (Å²) in [7, 11) is 0. The van der Waals surface area contributed by atoms with Crippen LogP contribution in [0.1, 0.15) is 38.0 Å². The first kappa shape index (κ1) is 21.1. The number of aliphatic hydroxyl groups excluding tert-OH is 1. The molecule has 29 heavy (non-hydrogen) atoms. The van der Waals surface area contributed by atoms with Crippen LogP contribution in [0.3, 0.4) is 0 Å². The van der Waals surface area contributed by atoms with Gasteiger partial charge in [-0.2, -0.15) is 0 Å². The van der Waals surface area contributed by atoms with Crippen LogP contribution in [0.2, 0.25) is 0 Å². The number of morpholine rings is 1. The topological polar surface area (TPSA) is 68.2 Å². The molecule has 0 aliphatic carbocycles. The maximum atomic E-state index is 12.6. The van der Waals surface area contributed by atoms with Crippen molar-refractivity contribution in [1.82, 2.24) is 4.90 Å². The smallest absolute Gasteiger partial charge is 0.410 e. The Kier molecular flexibility index (Phi) is 6.77. The Morgan fingerprint density at radius 1 is 1.17 bits per heavy atom. The molecule has 0 radical (unpaired) electrons. The van der Waals surface area contributed by atoms with Gasteiger partial charge in [0.1, 0.15) is 17.5 Å². The van der Waals surface area contributed by atoms with Crippen molar-refractivity contribution in [2.45, 2.75) is 45.2 Å². The van der Waals surface area contributed by atoms with Crippen LogP contribution in [-0.2, 0) is 16.1 Å². The lowest BCUT2D eigenvalue weighted by molar-refractivity contribution is -0.0839. The summed E-state index contributed by atoms with van der Waals surface area (Å²) in [6.45, 7) is 6.67. The Bertz CT molecular complexity index is 802. The SMILES string of the molecule is CC(C)(C)OC(=O)N1CCOC([C@@H](Oc2ccccc2CO)c2ccccc2)C1. The Hall–Kier alpha value is -2.57. The highest BCUT2D eigenvalue weighted by atomic mass is 16.6. The maximum Gasteiger partial charge on any atom is 0.410 e. The van der Waals surface area contributed by atoms with Crippen LogP contribution in [-0.4, -0.2) is 47.5 Å². The number of para-hydroxylation sites is 1. The van der Waals surface area contributed by atoms with E-state index >= 15 is 0 Å². The number of amides is 1. The molecule has 3 rings (SSSR count). The van der Waals surface area contributed by atoms with Crippen LogP contribution in [0.15, 0.2) is 54.6 Å². The Balaban J connectivity index is 1.83. The molecule has 1 aliphatic rings. The number of hydrogen-bond acceptors (Lipinski definition) is 5. The molecule has 1 fully saturated rings. The summed E-state index contributed by atoms with van der Waals surface area (Å²) in [4.78, 5) is 14.2. The van der Waals surface area contributed by atoms with Crippen molar-refractivity contribution in [1.29, 1.82) is 0 Å². The molecule has 1 unspecified atom stereocenters. The van der Waals surface area contributed by atoms with E-state index in [2.05, 4.69) is 0 Å². The molecule has 6 nitrogen and oxygen atoms in total. The summed E-state index contributed by atoms with van der Waals surface area (Å²) < 4.78 is 17.9. The van der Waals surface area contributed by atoms with Crippen LogP contribution in [0.25, 0.3) is 0 Å². The fourth-order valence-corrected chi connectivity index (χ4v) is 3.24. The summed E-state index contributed by atoms with van der Waals surface area (Å²) in [6.07, 6.45) is -1.16. The van der Waals surface area contributed by atoms with E-state index in [1.54, 1.807) is 4.90 Å². The predicted octanol–water partition coefficient (Wildman–Crippen LogP) is 3.93. The van der Waals surface area contributed by atoms with Gasteiger partial charge < -0.3 is 24.2 Å². The van der Waals surface area contributed by atoms with Gasteiger partial charge in [-0.3, -0.25) is 0 Å². The molecule has 1 aliphatic heterocycles. The molecule has 156 valence electrons. The number of nitrogens with zero attached hydrogens (tertiary/aromatic N) is 1. The highest BCUT2D eigenvalue weighted by Gasteiger charge is 2.34. The van der Waals surface area contributed by atoms with E-state index in [-0.39, 0.29) is 18.8 Å². The molecule has 2 aromatic carbocycles. The lowest BCUT2D eigenvalue weighted by atomic mass is 10.0. The highest BCUT2D eigenvalue weighted by molar-refractivity contribution is 5.68. The normalized spacial score (nSPS) is 18.2. The van der Waals surface area contributed by atoms with Crippen molar-refractivity contribution >= 4 is 6.09 Å². The Morgan fingerprint density at radius 2 is 1.86 bits per heavy atom. The number of ether oxygens (including phenoxy) is 3. The van der Waals surface area contributed by atoms with Crippen LogP contribution >= 0.6 is 0 Å². The van der Waals surface area contributed by atoms with Gasteiger partial charge in [0.2, 0.25) is 0 Å². The summed E-state index contributed by atoms with van der Waals surface area (Å²) in [6, 6.07) is 17.2. The van der Waals surface area contributed by atoms with E-state index in [0.29, 0.717) is 31.0 Å². The average molecular weight is 399 g/mol. The zero-order valence-corrected chi connectivity index (χ0v) is 17.2. The van der Waals surface area contributed by atoms with Gasteiger partial charge in [0, 0.05) is 12.1 Å². The number of aliphatic hydroxyl groups is 1. The molecule has 1 amide bonds. The monoisotopic (exact) mass is 399 g/mol. The summed E-state index contributed by atoms with van der Waals surface area (Å²) in [5.41, 5.74) is 1.09. The predicted molar refractivity (Wildman–Crippen MR) is 110 cm³/mol. The second-order valence-electron chi connectivity index (χ2n) is 8.05. The molecule has 1 N–H and O–H groups in total. The number of carbonyl (C=O) groups excluding carboxylic acids is 1. The average Bonchev–Trinajstić information content (AvgIpc) is 2.72. The second kappa shape index (κ2) is 9.29. The quantitative estimate of drug-likeness (QED) is 0.825. The third-order valence-electron chi connectivity index (χ3n) is 4.61. The van der Waals surface area contributed by atoms with Crippen molar-refractivity contribution < 1.29 is 24.1 Å². The van der Waals surface area contributed by atoms with Gasteiger partial charge in [0.05, 0.1) is 19.8 Å². The largest absolute Gasteiger partial charge is 0.483 e. The third kappa shape index (κ3) is 5.71. The maximum absolute atomic E-state index is 12.6. The van der Waals surface area contributed by atoms with E-state index in [4.69, 9.17) is 14.2 Å². The van der Waals surface area contributed by atoms with E-state index in [0.717, 1.165) is 5.56 Å². The molecule has 1 saturated heterocycles. The van der Waals surface area contributed by atoms with Crippen molar-refractivity contribution in [3.05, 3.63) is 65.7 Å². The molecule has 0 saturated carbocycles. The fraction of sp³-hybridized carbons (Fsp3) is 0.435. The first-order valence-electron chi connectivity index (χ1n) is 9.87. The minimum Gasteiger partial charge on any atom is -0.483 e. The zero-order chi connectivity index (χ0) is 20.9. The van der Waals surface area contributed by atoms with Gasteiger partial charge in [-0.05, 0) is 32.4 Å². The number of benzene rings is 2. The lowest BCUT2D eigenvalue weighted by Gasteiger charge is -2.37. The van der Waals surface area contributed by atoms with Crippen molar-refractivity contribution in [2.75, 3.05) is 19.7 Å². The summed E-state index contributed by atoms with van der Waals surface area (Å²) in [5.74, 6) is 0.599. The minimum absolute atomic E-state index is 0.118. The first-order valence-corrected chi connectivity index (χ1v) is 9.87. The van der Waals surface area contributed by atoms with Crippen LogP contribution in [0.5, 0.6) is 5.75 Å². The zero-order valence-electron chi connectivity index (χ0n) is 17.2. The third-order valence-corrected chi connectivity index (χ3v) is 4.61. The van der Waals surface area contributed by atoms with E-state index in [1.165, 1.54) is 0 Å². The van der Waals surface area contributed by atoms with Crippen LogP contribution < -0.4 is 4.74 Å². The molecular weight excluding hydrogens is 370 g/mol. The standard InChI is InChI=1S/C23H29NO5/c1-23(2,3)29-22(26)24-13-14-27-20(15-24)21(17-9-5-4-6-10-17)28-19-12-8-7-11-18(19)16-25/h4-12,20-21,25H,13-16H2,1-3H3/t20?,21-/m0/s1. The van der Waals surface area contributed by atoms with Gasteiger partial charge in [-0.15, -0.1) is 0 Å². The number of carbonyl (C=O) groups is 1. The lowest BCUT2D eigenvalue weighted by Crippen LogP contribution is -2.50. The van der Waals surface area contributed by atoms with Crippen molar-refractivity contribution in [3.8, 4) is 5.75 Å². The number of rotatable bonds is 5. The van der Waals surface area contributed by atoms with Crippen molar-refractivity contribution in [2.24, 2.45) is 0 Å². The second-order valence-corrected chi connectivity index (χ2v) is 8.05. The highest BCUT2D eigenvalue weighted by Crippen LogP contribution is 2.31. The molecule has 0 bridgehead atoms. The van der Waals surface area contributed by atoms with E-state index in [1.807, 2.05) is 75.4 Å². The molecule has 0 aromatic heterocycles. The Morgan fingerprint density at radius 3 is 2.55 bits per heavy atom.